The summed E-state index contributed by atoms with van der Waals surface area (Å²) >= 11 is 0. The molecule has 0 bridgehead atoms. The zero-order valence-corrected chi connectivity index (χ0v) is 10.7. The van der Waals surface area contributed by atoms with E-state index in [1.54, 1.807) is 0 Å². The number of ether oxygens (including phenoxy) is 1. The van der Waals surface area contributed by atoms with Crippen molar-refractivity contribution in [2.24, 2.45) is 0 Å². The number of methoxy groups -OCH3 is 1. The van der Waals surface area contributed by atoms with Crippen molar-refractivity contribution in [2.75, 3.05) is 7.11 Å². The molecule has 0 unspecified atom stereocenters. The summed E-state index contributed by atoms with van der Waals surface area (Å²) in [4.78, 5) is 0. The highest BCUT2D eigenvalue weighted by Gasteiger charge is 2.75. The van der Waals surface area contributed by atoms with Gasteiger partial charge in [0.1, 0.15) is 5.82 Å². The van der Waals surface area contributed by atoms with Crippen molar-refractivity contribution in [2.45, 2.75) is 24.9 Å². The van der Waals surface area contributed by atoms with Gasteiger partial charge in [-0.25, -0.2) is 17.6 Å². The number of hydrogen-bond acceptors (Lipinski definition) is 1. The van der Waals surface area contributed by atoms with Crippen LogP contribution in [0.4, 0.5) is 43.9 Å². The molecule has 1 nitrogen and oxygen atoms in total. The maximum atomic E-state index is 13.7. The molecular weight excluding hydrogens is 338 g/mol. The molecule has 0 atom stereocenters. The minimum atomic E-state index is -6.40. The van der Waals surface area contributed by atoms with Crippen molar-refractivity contribution in [1.29, 1.82) is 0 Å². The van der Waals surface area contributed by atoms with Crippen molar-refractivity contribution in [3.8, 4) is 0 Å². The van der Waals surface area contributed by atoms with E-state index in [0.717, 1.165) is 0 Å². The fourth-order valence-electron chi connectivity index (χ4n) is 1.84. The molecule has 0 radical (unpaired) electrons. The number of hydrogen-bond donors (Lipinski definition) is 0. The minimum Gasteiger partial charge on any atom is -0.357 e. The van der Waals surface area contributed by atoms with Crippen molar-refractivity contribution in [3.63, 3.8) is 0 Å². The van der Waals surface area contributed by atoms with Crippen molar-refractivity contribution in [3.05, 3.63) is 34.4 Å². The van der Waals surface area contributed by atoms with E-state index in [9.17, 15) is 43.9 Å². The SMILES string of the molecule is COC(c1c(F)c(C)c(F)c(F)c1F)(C(F)(F)F)C(F)(F)F. The third-order valence-corrected chi connectivity index (χ3v) is 2.94. The molecule has 0 amide bonds. The van der Waals surface area contributed by atoms with Gasteiger partial charge in [-0.15, -0.1) is 0 Å². The maximum absolute atomic E-state index is 13.7. The lowest BCUT2D eigenvalue weighted by Crippen LogP contribution is -2.56. The Kier molecular flexibility index (Phi) is 4.45. The maximum Gasteiger partial charge on any atom is 0.431 e. The highest BCUT2D eigenvalue weighted by Crippen LogP contribution is 2.54. The Morgan fingerprint density at radius 3 is 1.41 bits per heavy atom. The summed E-state index contributed by atoms with van der Waals surface area (Å²) in [6.45, 7) is 0.351. The van der Waals surface area contributed by atoms with Crippen LogP contribution in [-0.4, -0.2) is 19.5 Å². The Balaban J connectivity index is 4.05. The number of rotatable bonds is 2. The van der Waals surface area contributed by atoms with Crippen molar-refractivity contribution < 1.29 is 48.6 Å². The molecule has 22 heavy (non-hydrogen) atoms. The van der Waals surface area contributed by atoms with Gasteiger partial charge in [0.15, 0.2) is 17.5 Å². The second-order valence-electron chi connectivity index (χ2n) is 4.14. The van der Waals surface area contributed by atoms with Crippen LogP contribution < -0.4 is 0 Å². The summed E-state index contributed by atoms with van der Waals surface area (Å²) in [6.07, 6.45) is -12.8. The predicted octanol–water partition coefficient (Wildman–Crippen LogP) is 4.52. The second kappa shape index (κ2) is 5.28. The molecular formula is C11H6F10O. The Labute approximate surface area is 116 Å². The van der Waals surface area contributed by atoms with Crippen molar-refractivity contribution in [1.82, 2.24) is 0 Å². The Hall–Kier alpha value is -1.52. The molecule has 0 aliphatic rings. The Morgan fingerprint density at radius 2 is 1.09 bits per heavy atom. The van der Waals surface area contributed by atoms with E-state index in [-0.39, 0.29) is 7.11 Å². The molecule has 126 valence electrons. The second-order valence-corrected chi connectivity index (χ2v) is 4.14. The summed E-state index contributed by atoms with van der Waals surface area (Å²) in [5.41, 5.74) is -9.86. The molecule has 0 aliphatic heterocycles. The Bertz CT molecular complexity index is 543. The molecule has 0 fully saturated rings. The Morgan fingerprint density at radius 1 is 0.682 bits per heavy atom. The van der Waals surface area contributed by atoms with Crippen LogP contribution in [0.25, 0.3) is 0 Å². The van der Waals surface area contributed by atoms with E-state index >= 15 is 0 Å². The monoisotopic (exact) mass is 344 g/mol. The first-order chi connectivity index (χ1) is 9.74. The van der Waals surface area contributed by atoms with Crippen LogP contribution in [0.1, 0.15) is 11.1 Å². The van der Waals surface area contributed by atoms with Crippen LogP contribution in [0.15, 0.2) is 0 Å². The van der Waals surface area contributed by atoms with E-state index in [1.807, 2.05) is 0 Å². The standard InChI is InChI=1S/C11H6F10O/c1-3-5(12)4(7(14)8(15)6(3)13)9(22-2,10(16,17)18)11(19,20)21/h1-2H3. The first kappa shape index (κ1) is 18.5. The molecule has 0 saturated heterocycles. The minimum absolute atomic E-state index is 0.115. The topological polar surface area (TPSA) is 9.23 Å². The van der Waals surface area contributed by atoms with E-state index in [1.165, 1.54) is 0 Å². The first-order valence-corrected chi connectivity index (χ1v) is 5.25. The van der Waals surface area contributed by atoms with E-state index < -0.39 is 52.3 Å². The zero-order valence-electron chi connectivity index (χ0n) is 10.7. The van der Waals surface area contributed by atoms with Gasteiger partial charge in [-0.05, 0) is 6.92 Å². The molecule has 1 aromatic carbocycles. The quantitative estimate of drug-likeness (QED) is 0.436. The summed E-state index contributed by atoms with van der Waals surface area (Å²) in [5.74, 6) is -10.4. The molecule has 0 heterocycles. The van der Waals surface area contributed by atoms with Crippen LogP contribution in [0.2, 0.25) is 0 Å². The van der Waals surface area contributed by atoms with Crippen LogP contribution in [0.5, 0.6) is 0 Å². The van der Waals surface area contributed by atoms with E-state index in [0.29, 0.717) is 6.92 Å². The highest BCUT2D eigenvalue weighted by molar-refractivity contribution is 5.36. The van der Waals surface area contributed by atoms with E-state index in [4.69, 9.17) is 0 Å². The molecule has 0 aromatic heterocycles. The summed E-state index contributed by atoms with van der Waals surface area (Å²) in [5, 5.41) is 0. The molecule has 0 aliphatic carbocycles. The lowest BCUT2D eigenvalue weighted by molar-refractivity contribution is -0.385. The van der Waals surface area contributed by atoms with Gasteiger partial charge in [-0.2, -0.15) is 26.3 Å². The predicted molar refractivity (Wildman–Crippen MR) is 51.8 cm³/mol. The summed E-state index contributed by atoms with van der Waals surface area (Å²) in [7, 11) is -0.115. The summed E-state index contributed by atoms with van der Waals surface area (Å²) in [6, 6.07) is 0. The van der Waals surface area contributed by atoms with E-state index in [2.05, 4.69) is 4.74 Å². The third-order valence-electron chi connectivity index (χ3n) is 2.94. The average molecular weight is 344 g/mol. The van der Waals surface area contributed by atoms with Gasteiger partial charge in [0, 0.05) is 12.7 Å². The largest absolute Gasteiger partial charge is 0.431 e. The van der Waals surface area contributed by atoms with Gasteiger partial charge < -0.3 is 4.74 Å². The zero-order chi connectivity index (χ0) is 17.7. The van der Waals surface area contributed by atoms with Gasteiger partial charge in [0.2, 0.25) is 0 Å². The lowest BCUT2D eigenvalue weighted by Gasteiger charge is -2.36. The van der Waals surface area contributed by atoms with Gasteiger partial charge >= 0.3 is 12.4 Å². The third kappa shape index (κ3) is 2.31. The molecule has 11 heteroatoms. The fraction of sp³-hybridized carbons (Fsp3) is 0.455. The van der Waals surface area contributed by atoms with Gasteiger partial charge in [0.05, 0.1) is 5.56 Å². The van der Waals surface area contributed by atoms with Crippen LogP contribution in [-0.2, 0) is 10.3 Å². The normalized spacial score (nSPS) is 13.6. The first-order valence-electron chi connectivity index (χ1n) is 5.25. The number of halogens is 10. The van der Waals surface area contributed by atoms with Crippen molar-refractivity contribution >= 4 is 0 Å². The molecule has 1 rings (SSSR count). The van der Waals surface area contributed by atoms with Gasteiger partial charge in [-0.1, -0.05) is 0 Å². The summed E-state index contributed by atoms with van der Waals surface area (Å²) < 4.78 is 134. The fourth-order valence-corrected chi connectivity index (χ4v) is 1.84. The lowest BCUT2D eigenvalue weighted by atomic mass is 9.89. The molecule has 0 spiro atoms. The van der Waals surface area contributed by atoms with Crippen LogP contribution >= 0.6 is 0 Å². The molecule has 0 saturated carbocycles. The van der Waals surface area contributed by atoms with Gasteiger partial charge in [0.25, 0.3) is 5.60 Å². The van der Waals surface area contributed by atoms with Gasteiger partial charge in [-0.3, -0.25) is 0 Å². The average Bonchev–Trinajstić information content (AvgIpc) is 2.36. The van der Waals surface area contributed by atoms with Crippen LogP contribution in [0, 0.1) is 30.2 Å². The smallest absolute Gasteiger partial charge is 0.357 e. The number of alkyl halides is 6. The molecule has 0 N–H and O–H groups in total. The van der Waals surface area contributed by atoms with Crippen LogP contribution in [0.3, 0.4) is 0 Å². The molecule has 1 aromatic rings. The number of benzene rings is 1. The highest BCUT2D eigenvalue weighted by atomic mass is 19.4.